The first kappa shape index (κ1) is 87.6. The van der Waals surface area contributed by atoms with Crippen molar-refractivity contribution in [3.63, 3.8) is 0 Å². The summed E-state index contributed by atoms with van der Waals surface area (Å²) in [5.41, 5.74) is 0. The summed E-state index contributed by atoms with van der Waals surface area (Å²) >= 11 is 0. The zero-order chi connectivity index (χ0) is 66.5. The molecule has 1 rings (SSSR count). The maximum absolute atomic E-state index is 13.0. The van der Waals surface area contributed by atoms with Crippen LogP contribution in [0.15, 0.2) is 48.6 Å². The van der Waals surface area contributed by atoms with Crippen molar-refractivity contribution in [3.05, 3.63) is 48.6 Å². The van der Waals surface area contributed by atoms with Crippen LogP contribution in [0.5, 0.6) is 0 Å². The van der Waals surface area contributed by atoms with E-state index in [2.05, 4.69) is 55.6 Å². The molecule has 0 radical (unpaired) electrons. The van der Waals surface area contributed by atoms with Crippen molar-refractivity contribution >= 4 is 11.9 Å². The lowest BCUT2D eigenvalue weighted by molar-refractivity contribution is -0.302. The SMILES string of the molecule is CCCCC/C=C/CC/C=C/C(O)C(COC1OC(CO)C(O)C(O)C1O)NC(=O)CCCCCCCCCCCCCCCCCCC/C=C\C/C=C\CCCCCCCCCCCCCCCCCOC(=O)CCCCCCCCCCCCCCCCCC. The fourth-order valence-electron chi connectivity index (χ4n) is 12.7. The van der Waals surface area contributed by atoms with E-state index in [0.29, 0.717) is 19.4 Å². The van der Waals surface area contributed by atoms with Crippen molar-refractivity contribution < 1.29 is 49.3 Å². The van der Waals surface area contributed by atoms with E-state index in [0.717, 1.165) is 57.8 Å². The fraction of sp³-hybridized carbons (Fsp3) is 0.877. The van der Waals surface area contributed by atoms with Crippen LogP contribution >= 0.6 is 0 Å². The van der Waals surface area contributed by atoms with E-state index in [1.54, 1.807) is 6.08 Å². The minimum absolute atomic E-state index is 0.0184. The molecule has 6 N–H and O–H groups in total. The number of unbranched alkanes of at least 4 members (excludes halogenated alkanes) is 51. The minimum atomic E-state index is -1.57. The molecule has 1 amide bonds. The van der Waals surface area contributed by atoms with Gasteiger partial charge in [0.15, 0.2) is 6.29 Å². The van der Waals surface area contributed by atoms with Crippen molar-refractivity contribution in [2.24, 2.45) is 0 Å². The minimum Gasteiger partial charge on any atom is -0.466 e. The van der Waals surface area contributed by atoms with Crippen LogP contribution < -0.4 is 5.32 Å². The number of esters is 1. The van der Waals surface area contributed by atoms with E-state index >= 15 is 0 Å². The number of aliphatic hydroxyl groups excluding tert-OH is 5. The van der Waals surface area contributed by atoms with Gasteiger partial charge in [-0.1, -0.05) is 351 Å². The molecule has 0 spiro atoms. The molecule has 0 aromatic carbocycles. The van der Waals surface area contributed by atoms with Crippen LogP contribution in [0.25, 0.3) is 0 Å². The highest BCUT2D eigenvalue weighted by Crippen LogP contribution is 2.24. The third-order valence-electron chi connectivity index (χ3n) is 18.9. The molecule has 0 aromatic heterocycles. The molecule has 1 aliphatic rings. The molecule has 1 heterocycles. The number of carbonyl (C=O) groups is 2. The Hall–Kier alpha value is -2.38. The quantitative estimate of drug-likeness (QED) is 0.0195. The monoisotopic (exact) mass is 1300 g/mol. The Morgan fingerprint density at radius 2 is 0.739 bits per heavy atom. The summed E-state index contributed by atoms with van der Waals surface area (Å²) in [6, 6.07) is -0.824. The topological polar surface area (TPSA) is 175 Å². The zero-order valence-corrected chi connectivity index (χ0v) is 60.3. The molecule has 1 saturated heterocycles. The van der Waals surface area contributed by atoms with Crippen LogP contribution in [-0.2, 0) is 23.8 Å². The van der Waals surface area contributed by atoms with E-state index in [4.69, 9.17) is 14.2 Å². The van der Waals surface area contributed by atoms with Gasteiger partial charge in [0.2, 0.25) is 5.91 Å². The predicted molar refractivity (Wildman–Crippen MR) is 389 cm³/mol. The Morgan fingerprint density at radius 3 is 1.16 bits per heavy atom. The highest BCUT2D eigenvalue weighted by Gasteiger charge is 2.44. The first-order valence-electron chi connectivity index (χ1n) is 39.9. The summed E-state index contributed by atoms with van der Waals surface area (Å²) < 4.78 is 16.7. The van der Waals surface area contributed by atoms with Gasteiger partial charge >= 0.3 is 5.97 Å². The maximum atomic E-state index is 13.0. The van der Waals surface area contributed by atoms with E-state index in [-0.39, 0.29) is 18.5 Å². The fourth-order valence-corrected chi connectivity index (χ4v) is 12.7. The molecule has 0 bridgehead atoms. The van der Waals surface area contributed by atoms with E-state index in [9.17, 15) is 35.1 Å². The Kier molecular flexibility index (Phi) is 66.6. The number of hydrogen-bond donors (Lipinski definition) is 6. The summed E-state index contributed by atoms with van der Waals surface area (Å²) in [6.07, 6.45) is 83.2. The number of nitrogens with one attached hydrogen (secondary N) is 1. The summed E-state index contributed by atoms with van der Waals surface area (Å²) in [6.45, 7) is 4.32. The van der Waals surface area contributed by atoms with E-state index in [1.165, 1.54) is 308 Å². The Morgan fingerprint density at radius 1 is 0.402 bits per heavy atom. The maximum Gasteiger partial charge on any atom is 0.305 e. The van der Waals surface area contributed by atoms with Crippen LogP contribution in [0.4, 0.5) is 0 Å². The van der Waals surface area contributed by atoms with Crippen LogP contribution in [0, 0.1) is 0 Å². The van der Waals surface area contributed by atoms with Crippen molar-refractivity contribution in [3.8, 4) is 0 Å². The summed E-state index contributed by atoms with van der Waals surface area (Å²) in [5, 5.41) is 54.3. The standard InChI is InChI=1S/C81H151NO10/c1-3-5-7-9-11-13-14-15-16-43-46-49-53-57-61-65-69-77(86)90-70-66-62-58-54-50-47-44-41-39-37-35-33-31-29-27-25-23-21-19-17-18-20-22-24-26-28-30-32-34-36-38-40-42-45-48-52-56-60-64-68-76(85)82-73(74(84)67-63-59-55-51-12-10-8-6-4-2)72-91-81-80(89)79(88)78(87)75(71-83)92-81/h12,17-18,21,23,51,63,67,73-75,78-81,83-84,87-89H,3-11,13-16,19-20,22,24-50,52-62,64-66,68-72H2,1-2H3,(H,82,85)/b18-17-,23-21-,51-12+,67-63+. The molecular formula is C81H151NO10. The molecule has 92 heavy (non-hydrogen) atoms. The number of allylic oxidation sites excluding steroid dienone is 7. The highest BCUT2D eigenvalue weighted by molar-refractivity contribution is 5.76. The number of aliphatic hydroxyl groups is 5. The molecule has 1 aliphatic heterocycles. The lowest BCUT2D eigenvalue weighted by atomic mass is 9.99. The smallest absolute Gasteiger partial charge is 0.305 e. The second-order valence-corrected chi connectivity index (χ2v) is 27.8. The normalized spacial score (nSPS) is 17.8. The summed E-state index contributed by atoms with van der Waals surface area (Å²) in [5.74, 6) is -0.172. The molecule has 0 aliphatic carbocycles. The molecule has 0 aromatic rings. The number of ether oxygens (including phenoxy) is 3. The van der Waals surface area contributed by atoms with Crippen molar-refractivity contribution in [2.75, 3.05) is 19.8 Å². The second-order valence-electron chi connectivity index (χ2n) is 27.8. The van der Waals surface area contributed by atoms with Crippen LogP contribution in [-0.4, -0.2) is 100 Å². The van der Waals surface area contributed by atoms with Crippen LogP contribution in [0.3, 0.4) is 0 Å². The Balaban J connectivity index is 1.86. The van der Waals surface area contributed by atoms with Crippen LogP contribution in [0.2, 0.25) is 0 Å². The second kappa shape index (κ2) is 70.0. The van der Waals surface area contributed by atoms with E-state index in [1.807, 2.05) is 6.08 Å². The summed E-state index contributed by atoms with van der Waals surface area (Å²) in [4.78, 5) is 25.1. The molecule has 0 saturated carbocycles. The van der Waals surface area contributed by atoms with Gasteiger partial charge in [-0.3, -0.25) is 9.59 Å². The molecule has 11 heteroatoms. The number of hydrogen-bond acceptors (Lipinski definition) is 10. The third kappa shape index (κ3) is 57.8. The summed E-state index contributed by atoms with van der Waals surface area (Å²) in [7, 11) is 0. The lowest BCUT2D eigenvalue weighted by Gasteiger charge is -2.40. The van der Waals surface area contributed by atoms with Gasteiger partial charge in [0.1, 0.15) is 24.4 Å². The van der Waals surface area contributed by atoms with Crippen LogP contribution in [0.1, 0.15) is 393 Å². The molecule has 540 valence electrons. The van der Waals surface area contributed by atoms with Gasteiger partial charge in [-0.05, 0) is 77.0 Å². The zero-order valence-electron chi connectivity index (χ0n) is 60.3. The van der Waals surface area contributed by atoms with Crippen molar-refractivity contribution in [1.82, 2.24) is 5.32 Å². The van der Waals surface area contributed by atoms with Crippen molar-refractivity contribution in [1.29, 1.82) is 0 Å². The highest BCUT2D eigenvalue weighted by atomic mass is 16.7. The van der Waals surface area contributed by atoms with E-state index < -0.39 is 49.5 Å². The van der Waals surface area contributed by atoms with Crippen molar-refractivity contribution in [2.45, 2.75) is 436 Å². The Labute approximate surface area is 567 Å². The number of amides is 1. The lowest BCUT2D eigenvalue weighted by Crippen LogP contribution is -2.60. The molecule has 7 atom stereocenters. The number of carbonyl (C=O) groups excluding carboxylic acids is 2. The molecule has 7 unspecified atom stereocenters. The van der Waals surface area contributed by atoms with Gasteiger partial charge in [0.25, 0.3) is 0 Å². The van der Waals surface area contributed by atoms with Gasteiger partial charge in [-0.15, -0.1) is 0 Å². The first-order chi connectivity index (χ1) is 45.2. The average Bonchev–Trinajstić information content (AvgIpc) is 0.924. The average molecular weight is 1300 g/mol. The predicted octanol–water partition coefficient (Wildman–Crippen LogP) is 21.5. The first-order valence-corrected chi connectivity index (χ1v) is 39.9. The molecular weight excluding hydrogens is 1150 g/mol. The van der Waals surface area contributed by atoms with Gasteiger partial charge in [0.05, 0.1) is 32.0 Å². The van der Waals surface area contributed by atoms with Gasteiger partial charge in [-0.2, -0.15) is 0 Å². The largest absolute Gasteiger partial charge is 0.466 e. The Bertz CT molecular complexity index is 1670. The molecule has 1 fully saturated rings. The molecule has 11 nitrogen and oxygen atoms in total. The number of rotatable bonds is 71. The van der Waals surface area contributed by atoms with Gasteiger partial charge < -0.3 is 45.1 Å². The van der Waals surface area contributed by atoms with Gasteiger partial charge in [-0.25, -0.2) is 0 Å². The third-order valence-corrected chi connectivity index (χ3v) is 18.9. The van der Waals surface area contributed by atoms with Gasteiger partial charge in [0, 0.05) is 12.8 Å².